The summed E-state index contributed by atoms with van der Waals surface area (Å²) in [7, 11) is 0. The lowest BCUT2D eigenvalue weighted by Gasteiger charge is -2.17. The van der Waals surface area contributed by atoms with Crippen LogP contribution in [0, 0.1) is 19.8 Å². The SMILES string of the molecule is CCCCC(CC)Cn1nc(C)c(C(C)NCC)c1C. The number of unbranched alkanes of at least 4 members (excludes halogenated alkanes) is 1. The summed E-state index contributed by atoms with van der Waals surface area (Å²) in [6, 6.07) is 0.393. The molecule has 2 unspecified atom stereocenters. The minimum absolute atomic E-state index is 0.393. The Hall–Kier alpha value is -0.830. The molecule has 0 amide bonds. The molecule has 0 aliphatic carbocycles. The van der Waals surface area contributed by atoms with Gasteiger partial charge in [-0.15, -0.1) is 0 Å². The molecule has 0 spiro atoms. The van der Waals surface area contributed by atoms with Gasteiger partial charge in [-0.2, -0.15) is 5.10 Å². The van der Waals surface area contributed by atoms with E-state index in [1.165, 1.54) is 42.6 Å². The fourth-order valence-electron chi connectivity index (χ4n) is 3.09. The summed E-state index contributed by atoms with van der Waals surface area (Å²) in [5, 5.41) is 8.29. The van der Waals surface area contributed by atoms with Gasteiger partial charge in [0, 0.05) is 23.8 Å². The van der Waals surface area contributed by atoms with Crippen molar-refractivity contribution >= 4 is 0 Å². The molecule has 3 heteroatoms. The smallest absolute Gasteiger partial charge is 0.0644 e. The quantitative estimate of drug-likeness (QED) is 0.726. The van der Waals surface area contributed by atoms with Crippen molar-refractivity contribution in [2.45, 2.75) is 79.8 Å². The van der Waals surface area contributed by atoms with Crippen LogP contribution in [0.1, 0.15) is 76.4 Å². The molecule has 1 N–H and O–H groups in total. The van der Waals surface area contributed by atoms with Crippen molar-refractivity contribution in [1.82, 2.24) is 15.1 Å². The maximum atomic E-state index is 4.79. The average Bonchev–Trinajstić information content (AvgIpc) is 2.69. The van der Waals surface area contributed by atoms with Gasteiger partial charge in [-0.3, -0.25) is 4.68 Å². The topological polar surface area (TPSA) is 29.9 Å². The minimum Gasteiger partial charge on any atom is -0.310 e. The van der Waals surface area contributed by atoms with Gasteiger partial charge >= 0.3 is 0 Å². The van der Waals surface area contributed by atoms with Crippen molar-refractivity contribution in [3.8, 4) is 0 Å². The van der Waals surface area contributed by atoms with Crippen molar-refractivity contribution in [3.63, 3.8) is 0 Å². The van der Waals surface area contributed by atoms with E-state index in [0.717, 1.165) is 19.0 Å². The Morgan fingerprint density at radius 3 is 2.45 bits per heavy atom. The molecule has 0 fully saturated rings. The van der Waals surface area contributed by atoms with Gasteiger partial charge < -0.3 is 5.32 Å². The Bertz CT molecular complexity index is 395. The predicted molar refractivity (Wildman–Crippen MR) is 87.1 cm³/mol. The van der Waals surface area contributed by atoms with Crippen LogP contribution in [0.2, 0.25) is 0 Å². The highest BCUT2D eigenvalue weighted by atomic mass is 15.3. The molecule has 0 aromatic carbocycles. The van der Waals surface area contributed by atoms with Crippen molar-refractivity contribution in [2.75, 3.05) is 6.54 Å². The van der Waals surface area contributed by atoms with Crippen molar-refractivity contribution < 1.29 is 0 Å². The van der Waals surface area contributed by atoms with Crippen LogP contribution in [0.5, 0.6) is 0 Å². The van der Waals surface area contributed by atoms with Crippen LogP contribution in [-0.4, -0.2) is 16.3 Å². The Kier molecular flexibility index (Phi) is 7.28. The molecule has 20 heavy (non-hydrogen) atoms. The number of nitrogens with one attached hydrogen (secondary N) is 1. The van der Waals surface area contributed by atoms with Crippen LogP contribution in [0.3, 0.4) is 0 Å². The van der Waals surface area contributed by atoms with Crippen LogP contribution in [0.25, 0.3) is 0 Å². The summed E-state index contributed by atoms with van der Waals surface area (Å²) in [4.78, 5) is 0. The number of hydrogen-bond acceptors (Lipinski definition) is 2. The lowest BCUT2D eigenvalue weighted by atomic mass is 9.99. The summed E-state index contributed by atoms with van der Waals surface area (Å²) in [6.45, 7) is 15.4. The Morgan fingerprint density at radius 1 is 1.20 bits per heavy atom. The van der Waals surface area contributed by atoms with E-state index in [1.54, 1.807) is 0 Å². The van der Waals surface area contributed by atoms with Crippen LogP contribution in [-0.2, 0) is 6.54 Å². The lowest BCUT2D eigenvalue weighted by molar-refractivity contribution is 0.367. The first-order valence-electron chi connectivity index (χ1n) is 8.32. The Labute approximate surface area is 125 Å². The third-order valence-electron chi connectivity index (χ3n) is 4.36. The molecule has 1 rings (SSSR count). The monoisotopic (exact) mass is 279 g/mol. The first kappa shape index (κ1) is 17.2. The number of rotatable bonds is 9. The van der Waals surface area contributed by atoms with E-state index in [1.807, 2.05) is 0 Å². The molecule has 0 aliphatic rings. The zero-order chi connectivity index (χ0) is 15.1. The number of aromatic nitrogens is 2. The highest BCUT2D eigenvalue weighted by Crippen LogP contribution is 2.23. The van der Waals surface area contributed by atoms with Crippen LogP contribution in [0.4, 0.5) is 0 Å². The molecule has 116 valence electrons. The van der Waals surface area contributed by atoms with Crippen molar-refractivity contribution in [3.05, 3.63) is 17.0 Å². The summed E-state index contributed by atoms with van der Waals surface area (Å²) >= 11 is 0. The van der Waals surface area contributed by atoms with Gasteiger partial charge in [0.25, 0.3) is 0 Å². The molecule has 1 aromatic rings. The maximum Gasteiger partial charge on any atom is 0.0644 e. The Balaban J connectivity index is 2.83. The lowest BCUT2D eigenvalue weighted by Crippen LogP contribution is -2.19. The van der Waals surface area contributed by atoms with Gasteiger partial charge in [-0.05, 0) is 39.7 Å². The molecular weight excluding hydrogens is 246 g/mol. The van der Waals surface area contributed by atoms with Gasteiger partial charge in [0.1, 0.15) is 0 Å². The second-order valence-electron chi connectivity index (χ2n) is 5.96. The summed E-state index contributed by atoms with van der Waals surface area (Å²) < 4.78 is 2.24. The first-order chi connectivity index (χ1) is 9.54. The molecule has 2 atom stereocenters. The van der Waals surface area contributed by atoms with Gasteiger partial charge in [0.2, 0.25) is 0 Å². The fourth-order valence-corrected chi connectivity index (χ4v) is 3.09. The van der Waals surface area contributed by atoms with Gasteiger partial charge in [-0.1, -0.05) is 40.0 Å². The molecule has 0 saturated carbocycles. The highest BCUT2D eigenvalue weighted by Gasteiger charge is 2.18. The second-order valence-corrected chi connectivity index (χ2v) is 5.96. The third-order valence-corrected chi connectivity index (χ3v) is 4.36. The summed E-state index contributed by atoms with van der Waals surface area (Å²) in [5.74, 6) is 0.759. The zero-order valence-electron chi connectivity index (χ0n) is 14.3. The van der Waals surface area contributed by atoms with Crippen LogP contribution in [0.15, 0.2) is 0 Å². The molecule has 1 aromatic heterocycles. The van der Waals surface area contributed by atoms with Gasteiger partial charge in [0.15, 0.2) is 0 Å². The third kappa shape index (κ3) is 4.34. The standard InChI is InChI=1S/C17H33N3/c1-7-10-11-16(8-2)12-20-15(6)17(14(5)19-20)13(4)18-9-3/h13,16,18H,7-12H2,1-6H3. The summed E-state index contributed by atoms with van der Waals surface area (Å²) in [5.41, 5.74) is 3.91. The van der Waals surface area contributed by atoms with Gasteiger partial charge in [-0.25, -0.2) is 0 Å². The van der Waals surface area contributed by atoms with E-state index >= 15 is 0 Å². The van der Waals surface area contributed by atoms with Crippen LogP contribution >= 0.6 is 0 Å². The van der Waals surface area contributed by atoms with E-state index in [4.69, 9.17) is 5.10 Å². The number of nitrogens with zero attached hydrogens (tertiary/aromatic N) is 2. The number of hydrogen-bond donors (Lipinski definition) is 1. The van der Waals surface area contributed by atoms with Gasteiger partial charge in [0.05, 0.1) is 5.69 Å². The molecular formula is C17H33N3. The fraction of sp³-hybridized carbons (Fsp3) is 0.824. The zero-order valence-corrected chi connectivity index (χ0v) is 14.3. The van der Waals surface area contributed by atoms with E-state index in [9.17, 15) is 0 Å². The van der Waals surface area contributed by atoms with E-state index in [2.05, 4.69) is 51.5 Å². The van der Waals surface area contributed by atoms with E-state index < -0.39 is 0 Å². The molecule has 0 aliphatic heterocycles. The van der Waals surface area contributed by atoms with Crippen molar-refractivity contribution in [1.29, 1.82) is 0 Å². The molecule has 0 radical (unpaired) electrons. The van der Waals surface area contributed by atoms with Crippen LogP contribution < -0.4 is 5.32 Å². The first-order valence-corrected chi connectivity index (χ1v) is 8.32. The molecule has 0 saturated heterocycles. The Morgan fingerprint density at radius 2 is 1.90 bits per heavy atom. The molecule has 3 nitrogen and oxygen atoms in total. The maximum absolute atomic E-state index is 4.79. The van der Waals surface area contributed by atoms with Crippen molar-refractivity contribution in [2.24, 2.45) is 5.92 Å². The van der Waals surface area contributed by atoms with E-state index in [0.29, 0.717) is 6.04 Å². The minimum atomic E-state index is 0.393. The normalized spacial score (nSPS) is 14.5. The largest absolute Gasteiger partial charge is 0.310 e. The highest BCUT2D eigenvalue weighted by molar-refractivity contribution is 5.27. The average molecular weight is 279 g/mol. The number of aryl methyl sites for hydroxylation is 1. The summed E-state index contributed by atoms with van der Waals surface area (Å²) in [6.07, 6.45) is 5.19. The molecule has 1 heterocycles. The van der Waals surface area contributed by atoms with E-state index in [-0.39, 0.29) is 0 Å². The second kappa shape index (κ2) is 8.46. The predicted octanol–water partition coefficient (Wildman–Crippen LogP) is 4.39. The molecule has 0 bridgehead atoms.